The van der Waals surface area contributed by atoms with Gasteiger partial charge in [0, 0.05) is 11.0 Å². The second kappa shape index (κ2) is 5.85. The van der Waals surface area contributed by atoms with Crippen LogP contribution in [0.4, 0.5) is 14.6 Å². The lowest BCUT2D eigenvalue weighted by Crippen LogP contribution is -2.11. The van der Waals surface area contributed by atoms with Crippen molar-refractivity contribution < 1.29 is 13.5 Å². The van der Waals surface area contributed by atoms with Crippen LogP contribution in [0.2, 0.25) is 0 Å². The van der Waals surface area contributed by atoms with Crippen LogP contribution in [-0.2, 0) is 0 Å². The van der Waals surface area contributed by atoms with E-state index in [2.05, 4.69) is 10.4 Å². The number of ether oxygens (including phenoxy) is 1. The van der Waals surface area contributed by atoms with Gasteiger partial charge in [-0.25, -0.2) is 19.6 Å². The molecule has 0 bridgehead atoms. The number of benzene rings is 1. The van der Waals surface area contributed by atoms with Gasteiger partial charge in [0.05, 0.1) is 7.11 Å². The van der Waals surface area contributed by atoms with Gasteiger partial charge in [0.15, 0.2) is 17.5 Å². The van der Waals surface area contributed by atoms with E-state index < -0.39 is 11.6 Å². The number of nitrogens with zero attached hydrogens (tertiary/aromatic N) is 1. The normalized spacial score (nSPS) is 10.3. The van der Waals surface area contributed by atoms with Gasteiger partial charge in [-0.15, -0.1) is 0 Å². The van der Waals surface area contributed by atoms with Gasteiger partial charge in [-0.1, -0.05) is 17.8 Å². The molecule has 2 rings (SSSR count). The summed E-state index contributed by atoms with van der Waals surface area (Å²) < 4.78 is 31.9. The molecule has 0 saturated heterocycles. The monoisotopic (exact) mass is 283 g/mol. The van der Waals surface area contributed by atoms with Gasteiger partial charge in [-0.3, -0.25) is 0 Å². The highest BCUT2D eigenvalue weighted by Crippen LogP contribution is 2.31. The molecule has 3 N–H and O–H groups in total. The Morgan fingerprint density at radius 2 is 2.05 bits per heavy atom. The molecule has 100 valence electrons. The van der Waals surface area contributed by atoms with Crippen LogP contribution in [0.15, 0.2) is 40.3 Å². The van der Waals surface area contributed by atoms with Crippen LogP contribution in [-0.4, -0.2) is 12.1 Å². The Kier molecular flexibility index (Phi) is 4.18. The van der Waals surface area contributed by atoms with Gasteiger partial charge in [0.25, 0.3) is 0 Å². The molecule has 1 aromatic heterocycles. The van der Waals surface area contributed by atoms with Crippen molar-refractivity contribution in [2.24, 2.45) is 5.84 Å². The summed E-state index contributed by atoms with van der Waals surface area (Å²) in [6.45, 7) is 0. The first-order chi connectivity index (χ1) is 9.13. The van der Waals surface area contributed by atoms with Crippen molar-refractivity contribution in [3.8, 4) is 5.75 Å². The van der Waals surface area contributed by atoms with Crippen LogP contribution in [0.25, 0.3) is 0 Å². The first-order valence-electron chi connectivity index (χ1n) is 5.28. The average Bonchev–Trinajstić information content (AvgIpc) is 2.42. The molecular formula is C12H11F2N3OS. The smallest absolute Gasteiger partial charge is 0.177 e. The number of hydrogen-bond acceptors (Lipinski definition) is 5. The molecule has 0 saturated carbocycles. The summed E-state index contributed by atoms with van der Waals surface area (Å²) in [5, 5.41) is 0.0302. The molecule has 0 unspecified atom stereocenters. The zero-order chi connectivity index (χ0) is 13.8. The first kappa shape index (κ1) is 13.6. The van der Waals surface area contributed by atoms with Crippen molar-refractivity contribution in [1.82, 2.24) is 4.98 Å². The molecule has 1 aromatic carbocycles. The van der Waals surface area contributed by atoms with Crippen LogP contribution < -0.4 is 16.0 Å². The van der Waals surface area contributed by atoms with Gasteiger partial charge < -0.3 is 10.2 Å². The molecule has 7 heteroatoms. The molecule has 0 fully saturated rings. The van der Waals surface area contributed by atoms with Gasteiger partial charge in [0.2, 0.25) is 0 Å². The predicted molar refractivity (Wildman–Crippen MR) is 69.1 cm³/mol. The van der Waals surface area contributed by atoms with Gasteiger partial charge in [-0.05, 0) is 18.2 Å². The minimum absolute atomic E-state index is 0.0302. The number of methoxy groups -OCH3 is 1. The SMILES string of the molecule is COc1cccc(Sc2nc(NN)c(F)cc2F)c1. The number of halogens is 2. The Bertz CT molecular complexity index is 595. The first-order valence-corrected chi connectivity index (χ1v) is 6.10. The third-order valence-corrected chi connectivity index (χ3v) is 3.26. The van der Waals surface area contributed by atoms with Gasteiger partial charge >= 0.3 is 0 Å². The van der Waals surface area contributed by atoms with E-state index in [1.54, 1.807) is 24.3 Å². The van der Waals surface area contributed by atoms with Gasteiger partial charge in [-0.2, -0.15) is 0 Å². The molecule has 0 aliphatic carbocycles. The summed E-state index contributed by atoms with van der Waals surface area (Å²) in [7, 11) is 1.54. The number of nitrogens with two attached hydrogens (primary N) is 1. The Morgan fingerprint density at radius 1 is 1.26 bits per heavy atom. The van der Waals surface area contributed by atoms with Crippen LogP contribution in [0.3, 0.4) is 0 Å². The van der Waals surface area contributed by atoms with Crippen molar-refractivity contribution in [3.05, 3.63) is 42.0 Å². The summed E-state index contributed by atoms with van der Waals surface area (Å²) in [4.78, 5) is 4.50. The molecule has 0 aliphatic rings. The minimum atomic E-state index is -0.838. The van der Waals surface area contributed by atoms with Crippen LogP contribution in [0.5, 0.6) is 5.75 Å². The van der Waals surface area contributed by atoms with Crippen molar-refractivity contribution in [2.75, 3.05) is 12.5 Å². The van der Waals surface area contributed by atoms with E-state index in [-0.39, 0.29) is 10.8 Å². The Morgan fingerprint density at radius 3 is 2.74 bits per heavy atom. The number of anilines is 1. The molecule has 4 nitrogen and oxygen atoms in total. The molecule has 2 aromatic rings. The largest absolute Gasteiger partial charge is 0.497 e. The van der Waals surface area contributed by atoms with Crippen molar-refractivity contribution in [1.29, 1.82) is 0 Å². The van der Waals surface area contributed by atoms with E-state index in [4.69, 9.17) is 10.6 Å². The predicted octanol–water partition coefficient (Wildman–Crippen LogP) is 2.81. The summed E-state index contributed by atoms with van der Waals surface area (Å²) in [6, 6.07) is 7.78. The second-order valence-corrected chi connectivity index (χ2v) is 4.59. The third-order valence-electron chi connectivity index (χ3n) is 2.29. The third kappa shape index (κ3) is 3.12. The molecular weight excluding hydrogens is 272 g/mol. The Hall–Kier alpha value is -1.86. The molecule has 0 aliphatic heterocycles. The van der Waals surface area contributed by atoms with E-state index >= 15 is 0 Å². The highest BCUT2D eigenvalue weighted by atomic mass is 32.2. The highest BCUT2D eigenvalue weighted by Gasteiger charge is 2.12. The zero-order valence-corrected chi connectivity index (χ0v) is 10.8. The lowest BCUT2D eigenvalue weighted by Gasteiger charge is -2.07. The molecule has 19 heavy (non-hydrogen) atoms. The van der Waals surface area contributed by atoms with Crippen molar-refractivity contribution in [2.45, 2.75) is 9.92 Å². The molecule has 0 amide bonds. The summed E-state index contributed by atoms with van der Waals surface area (Å²) in [5.74, 6) is 3.96. The maximum atomic E-state index is 13.6. The van der Waals surface area contributed by atoms with Crippen molar-refractivity contribution >= 4 is 17.6 Å². The summed E-state index contributed by atoms with van der Waals surface area (Å²) in [5.41, 5.74) is 2.08. The van der Waals surface area contributed by atoms with E-state index in [1.165, 1.54) is 7.11 Å². The standard InChI is InChI=1S/C12H11F2N3OS/c1-18-7-3-2-4-8(5-7)19-12-10(14)6-9(13)11(16-12)17-15/h2-6H,15H2,1H3,(H,16,17). The number of rotatable bonds is 4. The molecule has 0 radical (unpaired) electrons. The van der Waals surface area contributed by atoms with E-state index in [0.29, 0.717) is 5.75 Å². The number of hydrazine groups is 1. The summed E-state index contributed by atoms with van der Waals surface area (Å²) >= 11 is 1.05. The molecule has 0 spiro atoms. The maximum absolute atomic E-state index is 13.6. The molecule has 0 atom stereocenters. The lowest BCUT2D eigenvalue weighted by atomic mass is 10.3. The Labute approximate surface area is 113 Å². The number of aromatic nitrogens is 1. The van der Waals surface area contributed by atoms with Crippen LogP contribution in [0, 0.1) is 11.6 Å². The van der Waals surface area contributed by atoms with Crippen LogP contribution in [0.1, 0.15) is 0 Å². The van der Waals surface area contributed by atoms with E-state index in [0.717, 1.165) is 22.7 Å². The van der Waals surface area contributed by atoms with E-state index in [9.17, 15) is 8.78 Å². The van der Waals surface area contributed by atoms with Crippen LogP contribution >= 0.6 is 11.8 Å². The topological polar surface area (TPSA) is 60.2 Å². The zero-order valence-electron chi connectivity index (χ0n) is 9.98. The van der Waals surface area contributed by atoms with Crippen molar-refractivity contribution in [3.63, 3.8) is 0 Å². The fourth-order valence-electron chi connectivity index (χ4n) is 1.40. The highest BCUT2D eigenvalue weighted by molar-refractivity contribution is 7.99. The summed E-state index contributed by atoms with van der Waals surface area (Å²) in [6.07, 6.45) is 0. The quantitative estimate of drug-likeness (QED) is 0.667. The lowest BCUT2D eigenvalue weighted by molar-refractivity contribution is 0.413. The van der Waals surface area contributed by atoms with E-state index in [1.807, 2.05) is 0 Å². The average molecular weight is 283 g/mol. The fraction of sp³-hybridized carbons (Fsp3) is 0.0833. The fourth-order valence-corrected chi connectivity index (χ4v) is 2.24. The number of nitrogens with one attached hydrogen (secondary N) is 1. The van der Waals surface area contributed by atoms with Gasteiger partial charge in [0.1, 0.15) is 10.8 Å². The second-order valence-electron chi connectivity index (χ2n) is 3.53. The number of pyridine rings is 1. The molecule has 1 heterocycles. The Balaban J connectivity index is 2.32. The maximum Gasteiger partial charge on any atom is 0.177 e. The number of nitrogen functional groups attached to an aromatic ring is 1. The number of hydrogen-bond donors (Lipinski definition) is 2. The minimum Gasteiger partial charge on any atom is -0.497 e.